The Hall–Kier alpha value is -3.06. The summed E-state index contributed by atoms with van der Waals surface area (Å²) in [6, 6.07) is 15.1. The van der Waals surface area contributed by atoms with Crippen LogP contribution in [0.3, 0.4) is 0 Å². The molecule has 7 heteroatoms. The van der Waals surface area contributed by atoms with Gasteiger partial charge in [0.15, 0.2) is 5.17 Å². The molecule has 2 heterocycles. The number of likely N-dealkylation sites (N-methyl/N-ethyl adjacent to an activating group) is 1. The van der Waals surface area contributed by atoms with Crippen LogP contribution in [0.25, 0.3) is 0 Å². The molecule has 0 saturated carbocycles. The Bertz CT molecular complexity index is 1110. The van der Waals surface area contributed by atoms with Gasteiger partial charge in [-0.05, 0) is 49.6 Å². The number of allylic oxidation sites excluding steroid dienone is 1. The molecule has 2 aromatic rings. The van der Waals surface area contributed by atoms with Crippen LogP contribution < -0.4 is 5.32 Å². The number of hydrogen-bond acceptors (Lipinski definition) is 5. The van der Waals surface area contributed by atoms with Crippen molar-refractivity contribution in [2.45, 2.75) is 26.3 Å². The Morgan fingerprint density at radius 2 is 1.81 bits per heavy atom. The Balaban J connectivity index is 1.64. The molecule has 6 nitrogen and oxygen atoms in total. The highest BCUT2D eigenvalue weighted by atomic mass is 32.2. The van der Waals surface area contributed by atoms with Gasteiger partial charge in [0.25, 0.3) is 11.8 Å². The molecule has 2 aliphatic heterocycles. The Morgan fingerprint density at radius 1 is 1.09 bits per heavy atom. The second-order valence-electron chi connectivity index (χ2n) is 8.28. The number of amides is 2. The van der Waals surface area contributed by atoms with Crippen LogP contribution in [-0.4, -0.2) is 53.2 Å². The van der Waals surface area contributed by atoms with Crippen LogP contribution in [0, 0.1) is 6.92 Å². The first-order valence-electron chi connectivity index (χ1n) is 10.7. The smallest absolute Gasteiger partial charge is 0.255 e. The lowest BCUT2D eigenvalue weighted by atomic mass is 9.93. The normalized spacial score (nSPS) is 18.1. The molecule has 0 aromatic heterocycles. The number of amidine groups is 1. The van der Waals surface area contributed by atoms with E-state index in [4.69, 9.17) is 4.99 Å². The van der Waals surface area contributed by atoms with Crippen LogP contribution in [0.5, 0.6) is 0 Å². The summed E-state index contributed by atoms with van der Waals surface area (Å²) in [5.41, 5.74) is 4.81. The van der Waals surface area contributed by atoms with Crippen LogP contribution in [0.2, 0.25) is 0 Å². The van der Waals surface area contributed by atoms with Gasteiger partial charge in [0.05, 0.1) is 17.3 Å². The van der Waals surface area contributed by atoms with Crippen molar-refractivity contribution >= 4 is 34.4 Å². The second kappa shape index (κ2) is 9.20. The molecule has 2 amide bonds. The third-order valence-electron chi connectivity index (χ3n) is 5.77. The van der Waals surface area contributed by atoms with E-state index in [0.717, 1.165) is 46.4 Å². The molecule has 1 fully saturated rings. The van der Waals surface area contributed by atoms with Gasteiger partial charge in [-0.2, -0.15) is 0 Å². The first-order chi connectivity index (χ1) is 15.4. The quantitative estimate of drug-likeness (QED) is 0.750. The number of nitrogens with zero attached hydrogens (tertiary/aromatic N) is 3. The number of rotatable bonds is 4. The van der Waals surface area contributed by atoms with E-state index in [2.05, 4.69) is 10.2 Å². The van der Waals surface area contributed by atoms with Gasteiger partial charge in [-0.15, -0.1) is 0 Å². The van der Waals surface area contributed by atoms with Crippen molar-refractivity contribution in [2.24, 2.45) is 4.99 Å². The molecule has 1 saturated heterocycles. The summed E-state index contributed by atoms with van der Waals surface area (Å²) in [5.74, 6) is 0.883. The molecule has 4 rings (SSSR count). The van der Waals surface area contributed by atoms with Gasteiger partial charge in [-0.25, -0.2) is 4.99 Å². The highest BCUT2D eigenvalue weighted by molar-refractivity contribution is 8.13. The molecule has 166 valence electrons. The number of thioether (sulfide) groups is 1. The van der Waals surface area contributed by atoms with Gasteiger partial charge in [-0.1, -0.05) is 42.1 Å². The third kappa shape index (κ3) is 4.30. The highest BCUT2D eigenvalue weighted by Crippen LogP contribution is 2.40. The molecular weight excluding hydrogens is 420 g/mol. The van der Waals surface area contributed by atoms with Gasteiger partial charge in [-0.3, -0.25) is 9.59 Å². The minimum Gasteiger partial charge on any atom is -0.345 e. The summed E-state index contributed by atoms with van der Waals surface area (Å²) >= 11 is 1.74. The van der Waals surface area contributed by atoms with E-state index in [0.29, 0.717) is 11.1 Å². The van der Waals surface area contributed by atoms with E-state index in [1.807, 2.05) is 62.4 Å². The van der Waals surface area contributed by atoms with Crippen molar-refractivity contribution in [2.75, 3.05) is 31.7 Å². The first kappa shape index (κ1) is 22.1. The van der Waals surface area contributed by atoms with Crippen LogP contribution in [0.15, 0.2) is 64.8 Å². The summed E-state index contributed by atoms with van der Waals surface area (Å²) in [5, 5.41) is 3.96. The van der Waals surface area contributed by atoms with Crippen molar-refractivity contribution in [3.8, 4) is 0 Å². The number of benzene rings is 2. The number of carbonyl (C=O) groups excluding carboxylic acids is 2. The molecule has 1 unspecified atom stereocenters. The fraction of sp³-hybridized carbons (Fsp3) is 0.320. The summed E-state index contributed by atoms with van der Waals surface area (Å²) in [6.07, 6.45) is 1.05. The predicted octanol–water partition coefficient (Wildman–Crippen LogP) is 4.46. The molecule has 2 aliphatic rings. The molecule has 1 atom stereocenters. The van der Waals surface area contributed by atoms with Gasteiger partial charge in [0.2, 0.25) is 0 Å². The number of hydrogen-bond donors (Lipinski definition) is 1. The molecule has 32 heavy (non-hydrogen) atoms. The SMILES string of the molecule is CC1=C(C(=O)N(C)C)C(c2ccc(NC(=O)c3ccccc3C)cc2)N2CCCSC2=N1. The Morgan fingerprint density at radius 3 is 2.50 bits per heavy atom. The van der Waals surface area contributed by atoms with E-state index in [9.17, 15) is 9.59 Å². The summed E-state index contributed by atoms with van der Waals surface area (Å²) < 4.78 is 0. The van der Waals surface area contributed by atoms with Crippen molar-refractivity contribution in [3.05, 3.63) is 76.5 Å². The number of anilines is 1. The number of aryl methyl sites for hydroxylation is 1. The fourth-order valence-corrected chi connectivity index (χ4v) is 5.12. The zero-order chi connectivity index (χ0) is 22.8. The maximum atomic E-state index is 13.1. The molecule has 2 aromatic carbocycles. The highest BCUT2D eigenvalue weighted by Gasteiger charge is 2.37. The number of aliphatic imine (C=N–C) groups is 1. The number of carbonyl (C=O) groups is 2. The van der Waals surface area contributed by atoms with Gasteiger partial charge in [0.1, 0.15) is 0 Å². The lowest BCUT2D eigenvalue weighted by Gasteiger charge is -2.41. The summed E-state index contributed by atoms with van der Waals surface area (Å²) in [6.45, 7) is 4.70. The lowest BCUT2D eigenvalue weighted by Crippen LogP contribution is -2.43. The van der Waals surface area contributed by atoms with Gasteiger partial charge in [0, 0.05) is 37.6 Å². The zero-order valence-corrected chi connectivity index (χ0v) is 19.7. The molecule has 0 bridgehead atoms. The van der Waals surface area contributed by atoms with E-state index >= 15 is 0 Å². The van der Waals surface area contributed by atoms with Crippen LogP contribution in [0.4, 0.5) is 5.69 Å². The lowest BCUT2D eigenvalue weighted by molar-refractivity contribution is -0.125. The Labute approximate surface area is 193 Å². The van der Waals surface area contributed by atoms with Crippen LogP contribution in [0.1, 0.15) is 40.9 Å². The maximum Gasteiger partial charge on any atom is 0.255 e. The van der Waals surface area contributed by atoms with E-state index in [-0.39, 0.29) is 17.9 Å². The summed E-state index contributed by atoms with van der Waals surface area (Å²) in [7, 11) is 3.54. The molecule has 0 aliphatic carbocycles. The second-order valence-corrected chi connectivity index (χ2v) is 9.34. The standard InChI is InChI=1S/C25H28N4O2S/c1-16-8-5-6-9-20(16)23(30)27-19-12-10-18(11-13-19)22-21(24(31)28(3)4)17(2)26-25-29(22)14-7-15-32-25/h5-6,8-13,22H,7,14-15H2,1-4H3,(H,27,30). The minimum absolute atomic E-state index is 0.0252. The van der Waals surface area contributed by atoms with Crippen LogP contribution in [-0.2, 0) is 4.79 Å². The minimum atomic E-state index is -0.189. The predicted molar refractivity (Wildman–Crippen MR) is 131 cm³/mol. The van der Waals surface area contributed by atoms with Gasteiger partial charge < -0.3 is 15.1 Å². The molecule has 1 N–H and O–H groups in total. The average molecular weight is 449 g/mol. The maximum absolute atomic E-state index is 13.1. The van der Waals surface area contributed by atoms with E-state index < -0.39 is 0 Å². The largest absolute Gasteiger partial charge is 0.345 e. The fourth-order valence-electron chi connectivity index (χ4n) is 4.10. The number of nitrogens with one attached hydrogen (secondary N) is 1. The monoisotopic (exact) mass is 448 g/mol. The van der Waals surface area contributed by atoms with Crippen molar-refractivity contribution in [3.63, 3.8) is 0 Å². The number of fused-ring (bicyclic) bond motifs is 1. The van der Waals surface area contributed by atoms with Crippen molar-refractivity contribution in [1.82, 2.24) is 9.80 Å². The van der Waals surface area contributed by atoms with E-state index in [1.54, 1.807) is 30.8 Å². The topological polar surface area (TPSA) is 65.0 Å². The third-order valence-corrected chi connectivity index (χ3v) is 6.85. The van der Waals surface area contributed by atoms with E-state index in [1.165, 1.54) is 0 Å². The molecule has 0 radical (unpaired) electrons. The van der Waals surface area contributed by atoms with Gasteiger partial charge >= 0.3 is 0 Å². The zero-order valence-electron chi connectivity index (χ0n) is 18.9. The first-order valence-corrected chi connectivity index (χ1v) is 11.7. The molecular formula is C25H28N4O2S. The van der Waals surface area contributed by atoms with Crippen molar-refractivity contribution < 1.29 is 9.59 Å². The van der Waals surface area contributed by atoms with Crippen LogP contribution >= 0.6 is 11.8 Å². The molecule has 0 spiro atoms. The average Bonchev–Trinajstić information content (AvgIpc) is 2.78. The van der Waals surface area contributed by atoms with Crippen molar-refractivity contribution in [1.29, 1.82) is 0 Å². The Kier molecular flexibility index (Phi) is 6.37. The summed E-state index contributed by atoms with van der Waals surface area (Å²) in [4.78, 5) is 34.3.